The van der Waals surface area contributed by atoms with Crippen LogP contribution in [-0.2, 0) is 6.54 Å². The van der Waals surface area contributed by atoms with E-state index in [1.165, 1.54) is 0 Å². The normalized spacial score (nSPS) is 18.1. The second-order valence-electron chi connectivity index (χ2n) is 4.02. The Kier molecular flexibility index (Phi) is 3.18. The number of hydrogen-bond donors (Lipinski definition) is 1. The van der Waals surface area contributed by atoms with Crippen molar-refractivity contribution in [1.29, 1.82) is 0 Å². The smallest absolute Gasteiger partial charge is 0.128 e. The first kappa shape index (κ1) is 10.4. The molecule has 0 radical (unpaired) electrons. The zero-order valence-electron chi connectivity index (χ0n) is 9.19. The highest BCUT2D eigenvalue weighted by Crippen LogP contribution is 2.13. The molecule has 1 saturated heterocycles. The summed E-state index contributed by atoms with van der Waals surface area (Å²) in [5.74, 6) is 1.07. The van der Waals surface area contributed by atoms with Gasteiger partial charge in [-0.2, -0.15) is 0 Å². The van der Waals surface area contributed by atoms with Crippen molar-refractivity contribution >= 4 is 5.82 Å². The van der Waals surface area contributed by atoms with Crippen molar-refractivity contribution in [2.24, 2.45) is 5.73 Å². The average Bonchev–Trinajstić information content (AvgIpc) is 2.30. The summed E-state index contributed by atoms with van der Waals surface area (Å²) in [5, 5.41) is 0. The lowest BCUT2D eigenvalue weighted by Gasteiger charge is -2.33. The van der Waals surface area contributed by atoms with E-state index in [0.29, 0.717) is 6.54 Å². The molecule has 4 heteroatoms. The van der Waals surface area contributed by atoms with Gasteiger partial charge in [-0.1, -0.05) is 6.07 Å². The van der Waals surface area contributed by atoms with Crippen molar-refractivity contribution in [3.63, 3.8) is 0 Å². The van der Waals surface area contributed by atoms with Crippen LogP contribution in [0, 0.1) is 0 Å². The van der Waals surface area contributed by atoms with Crippen LogP contribution in [0.25, 0.3) is 0 Å². The molecule has 0 atom stereocenters. The molecule has 0 unspecified atom stereocenters. The Bertz CT molecular complexity index is 301. The first-order valence-corrected chi connectivity index (χ1v) is 5.38. The zero-order valence-corrected chi connectivity index (χ0v) is 9.19. The molecule has 1 aromatic heterocycles. The quantitative estimate of drug-likeness (QED) is 0.755. The van der Waals surface area contributed by atoms with Crippen LogP contribution in [0.4, 0.5) is 5.82 Å². The second-order valence-corrected chi connectivity index (χ2v) is 4.02. The van der Waals surface area contributed by atoms with Gasteiger partial charge in [0.1, 0.15) is 5.82 Å². The van der Waals surface area contributed by atoms with E-state index >= 15 is 0 Å². The summed E-state index contributed by atoms with van der Waals surface area (Å²) >= 11 is 0. The van der Waals surface area contributed by atoms with E-state index in [2.05, 4.69) is 34.0 Å². The van der Waals surface area contributed by atoms with Gasteiger partial charge in [-0.05, 0) is 18.7 Å². The molecule has 1 aliphatic rings. The van der Waals surface area contributed by atoms with Gasteiger partial charge < -0.3 is 15.5 Å². The SMILES string of the molecule is CN1CCN(c2ccc(CN)cn2)CC1. The van der Waals surface area contributed by atoms with Crippen LogP contribution >= 0.6 is 0 Å². The molecule has 1 fully saturated rings. The molecule has 2 N–H and O–H groups in total. The third kappa shape index (κ3) is 2.46. The fraction of sp³-hybridized carbons (Fsp3) is 0.545. The Morgan fingerprint density at radius 2 is 2.00 bits per heavy atom. The maximum atomic E-state index is 5.54. The van der Waals surface area contributed by atoms with E-state index in [0.717, 1.165) is 37.6 Å². The molecule has 0 spiro atoms. The van der Waals surface area contributed by atoms with E-state index in [1.54, 1.807) is 0 Å². The van der Waals surface area contributed by atoms with E-state index in [9.17, 15) is 0 Å². The lowest BCUT2D eigenvalue weighted by molar-refractivity contribution is 0.312. The number of nitrogens with zero attached hydrogens (tertiary/aromatic N) is 3. The molecule has 82 valence electrons. The molecule has 2 rings (SSSR count). The predicted octanol–water partition coefficient (Wildman–Crippen LogP) is 0.292. The van der Waals surface area contributed by atoms with E-state index in [1.807, 2.05) is 6.20 Å². The minimum Gasteiger partial charge on any atom is -0.354 e. The van der Waals surface area contributed by atoms with Crippen LogP contribution in [0.2, 0.25) is 0 Å². The second kappa shape index (κ2) is 4.59. The van der Waals surface area contributed by atoms with Crippen LogP contribution in [-0.4, -0.2) is 43.1 Å². The molecule has 0 aromatic carbocycles. The summed E-state index contributed by atoms with van der Waals surface area (Å²) in [7, 11) is 2.16. The van der Waals surface area contributed by atoms with Crippen molar-refractivity contribution in [3.05, 3.63) is 23.9 Å². The van der Waals surface area contributed by atoms with Gasteiger partial charge in [0.2, 0.25) is 0 Å². The molecule has 0 amide bonds. The monoisotopic (exact) mass is 206 g/mol. The largest absolute Gasteiger partial charge is 0.354 e. The van der Waals surface area contributed by atoms with E-state index in [-0.39, 0.29) is 0 Å². The first-order chi connectivity index (χ1) is 7.29. The van der Waals surface area contributed by atoms with Gasteiger partial charge in [-0.3, -0.25) is 0 Å². The highest BCUT2D eigenvalue weighted by molar-refractivity contribution is 5.39. The summed E-state index contributed by atoms with van der Waals surface area (Å²) in [6.45, 7) is 4.91. The number of likely N-dealkylation sites (N-methyl/N-ethyl adjacent to an activating group) is 1. The number of rotatable bonds is 2. The topological polar surface area (TPSA) is 45.4 Å². The van der Waals surface area contributed by atoms with Crippen LogP contribution in [0.3, 0.4) is 0 Å². The van der Waals surface area contributed by atoms with Gasteiger partial charge in [-0.25, -0.2) is 4.98 Å². The van der Waals surface area contributed by atoms with Gasteiger partial charge in [-0.15, -0.1) is 0 Å². The van der Waals surface area contributed by atoms with Gasteiger partial charge >= 0.3 is 0 Å². The maximum Gasteiger partial charge on any atom is 0.128 e. The molecule has 4 nitrogen and oxygen atoms in total. The maximum absolute atomic E-state index is 5.54. The highest BCUT2D eigenvalue weighted by Gasteiger charge is 2.14. The third-order valence-corrected chi connectivity index (χ3v) is 2.87. The van der Waals surface area contributed by atoms with E-state index in [4.69, 9.17) is 5.73 Å². The number of nitrogens with two attached hydrogens (primary N) is 1. The van der Waals surface area contributed by atoms with Crippen molar-refractivity contribution in [2.45, 2.75) is 6.54 Å². The number of piperazine rings is 1. The lowest BCUT2D eigenvalue weighted by atomic mass is 10.2. The zero-order chi connectivity index (χ0) is 10.7. The average molecular weight is 206 g/mol. The Morgan fingerprint density at radius 3 is 2.53 bits per heavy atom. The Morgan fingerprint density at radius 1 is 1.27 bits per heavy atom. The predicted molar refractivity (Wildman–Crippen MR) is 61.8 cm³/mol. The molecule has 1 aliphatic heterocycles. The van der Waals surface area contributed by atoms with Gasteiger partial charge in [0, 0.05) is 38.9 Å². The number of pyridine rings is 1. The lowest BCUT2D eigenvalue weighted by Crippen LogP contribution is -2.44. The standard InChI is InChI=1S/C11H18N4/c1-14-4-6-15(7-5-14)11-3-2-10(8-12)9-13-11/h2-3,9H,4-8,12H2,1H3. The van der Waals surface area contributed by atoms with Gasteiger partial charge in [0.25, 0.3) is 0 Å². The van der Waals surface area contributed by atoms with Crippen LogP contribution < -0.4 is 10.6 Å². The van der Waals surface area contributed by atoms with E-state index < -0.39 is 0 Å². The molecule has 2 heterocycles. The van der Waals surface area contributed by atoms with Crippen LogP contribution in [0.1, 0.15) is 5.56 Å². The minimum atomic E-state index is 0.565. The highest BCUT2D eigenvalue weighted by atomic mass is 15.3. The number of aromatic nitrogens is 1. The molecular formula is C11H18N4. The number of hydrogen-bond acceptors (Lipinski definition) is 4. The van der Waals surface area contributed by atoms with Crippen LogP contribution in [0.15, 0.2) is 18.3 Å². The minimum absolute atomic E-state index is 0.565. The molecule has 0 aliphatic carbocycles. The summed E-state index contributed by atoms with van der Waals surface area (Å²) < 4.78 is 0. The summed E-state index contributed by atoms with van der Waals surface area (Å²) in [6, 6.07) is 4.12. The van der Waals surface area contributed by atoms with Crippen molar-refractivity contribution in [2.75, 3.05) is 38.1 Å². The molecule has 0 saturated carbocycles. The first-order valence-electron chi connectivity index (χ1n) is 5.38. The third-order valence-electron chi connectivity index (χ3n) is 2.87. The van der Waals surface area contributed by atoms with Crippen molar-refractivity contribution < 1.29 is 0 Å². The Labute approximate surface area is 90.7 Å². The number of anilines is 1. The fourth-order valence-electron chi connectivity index (χ4n) is 1.76. The van der Waals surface area contributed by atoms with Gasteiger partial charge in [0.05, 0.1) is 0 Å². The summed E-state index contributed by atoms with van der Waals surface area (Å²) in [5.41, 5.74) is 6.63. The van der Waals surface area contributed by atoms with Gasteiger partial charge in [0.15, 0.2) is 0 Å². The Hall–Kier alpha value is -1.13. The summed E-state index contributed by atoms with van der Waals surface area (Å²) in [6.07, 6.45) is 1.87. The Balaban J connectivity index is 2.03. The molecule has 0 bridgehead atoms. The fourth-order valence-corrected chi connectivity index (χ4v) is 1.76. The van der Waals surface area contributed by atoms with Crippen molar-refractivity contribution in [1.82, 2.24) is 9.88 Å². The summed E-state index contributed by atoms with van der Waals surface area (Å²) in [4.78, 5) is 9.08. The molecule has 15 heavy (non-hydrogen) atoms. The molecule has 1 aromatic rings. The molecular weight excluding hydrogens is 188 g/mol. The van der Waals surface area contributed by atoms with Crippen molar-refractivity contribution in [3.8, 4) is 0 Å². The van der Waals surface area contributed by atoms with Crippen LogP contribution in [0.5, 0.6) is 0 Å².